The SMILES string of the molecule is CSc1cccc(-n2ccc(=O)c(C3CC=NN3c3ccccc3)n2)c1. The number of hydrogen-bond donors (Lipinski definition) is 0. The first-order chi connectivity index (χ1) is 12.8. The lowest BCUT2D eigenvalue weighted by Crippen LogP contribution is -2.27. The normalized spacial score (nSPS) is 16.2. The largest absolute Gasteiger partial charge is 0.288 e. The van der Waals surface area contributed by atoms with Crippen LogP contribution in [0.15, 0.2) is 81.7 Å². The number of benzene rings is 2. The number of thioether (sulfide) groups is 1. The molecule has 0 bridgehead atoms. The summed E-state index contributed by atoms with van der Waals surface area (Å²) in [5.41, 5.74) is 2.32. The van der Waals surface area contributed by atoms with E-state index >= 15 is 0 Å². The van der Waals surface area contributed by atoms with Gasteiger partial charge in [-0.3, -0.25) is 9.80 Å². The van der Waals surface area contributed by atoms with Crippen molar-refractivity contribution in [3.05, 3.63) is 82.8 Å². The van der Waals surface area contributed by atoms with Gasteiger partial charge in [-0.15, -0.1) is 11.8 Å². The van der Waals surface area contributed by atoms with E-state index in [9.17, 15) is 4.79 Å². The van der Waals surface area contributed by atoms with E-state index in [2.05, 4.69) is 22.3 Å². The number of nitrogens with zero attached hydrogens (tertiary/aromatic N) is 4. The Morgan fingerprint density at radius 2 is 1.85 bits per heavy atom. The maximum Gasteiger partial charge on any atom is 0.205 e. The van der Waals surface area contributed by atoms with Gasteiger partial charge in [0.1, 0.15) is 11.7 Å². The van der Waals surface area contributed by atoms with Crippen LogP contribution in [-0.2, 0) is 0 Å². The molecule has 1 atom stereocenters. The summed E-state index contributed by atoms with van der Waals surface area (Å²) >= 11 is 1.68. The molecular weight excluding hydrogens is 344 g/mol. The second-order valence-electron chi connectivity index (χ2n) is 5.94. The van der Waals surface area contributed by atoms with E-state index in [0.29, 0.717) is 12.1 Å². The van der Waals surface area contributed by atoms with Gasteiger partial charge >= 0.3 is 0 Å². The van der Waals surface area contributed by atoms with Crippen molar-refractivity contribution < 1.29 is 0 Å². The molecule has 5 nitrogen and oxygen atoms in total. The molecule has 1 aliphatic rings. The molecular formula is C20H18N4OS. The molecule has 0 N–H and O–H groups in total. The van der Waals surface area contributed by atoms with Gasteiger partial charge in [-0.1, -0.05) is 24.3 Å². The van der Waals surface area contributed by atoms with Crippen LogP contribution in [-0.4, -0.2) is 22.3 Å². The van der Waals surface area contributed by atoms with E-state index in [4.69, 9.17) is 0 Å². The minimum Gasteiger partial charge on any atom is -0.288 e. The van der Waals surface area contributed by atoms with E-state index in [1.54, 1.807) is 28.7 Å². The molecule has 6 heteroatoms. The number of hydrogen-bond acceptors (Lipinski definition) is 5. The van der Waals surface area contributed by atoms with Crippen LogP contribution < -0.4 is 10.4 Å². The summed E-state index contributed by atoms with van der Waals surface area (Å²) in [5, 5.41) is 11.0. The van der Waals surface area contributed by atoms with Gasteiger partial charge in [0, 0.05) is 29.8 Å². The lowest BCUT2D eigenvalue weighted by atomic mass is 10.1. The average molecular weight is 362 g/mol. The van der Waals surface area contributed by atoms with Crippen molar-refractivity contribution in [2.45, 2.75) is 17.4 Å². The first kappa shape index (κ1) is 16.6. The van der Waals surface area contributed by atoms with E-state index in [1.165, 1.54) is 0 Å². The third kappa shape index (κ3) is 3.15. The molecule has 26 heavy (non-hydrogen) atoms. The Balaban J connectivity index is 1.74. The van der Waals surface area contributed by atoms with Crippen molar-refractivity contribution in [2.24, 2.45) is 5.10 Å². The predicted molar refractivity (Wildman–Crippen MR) is 106 cm³/mol. The van der Waals surface area contributed by atoms with Gasteiger partial charge in [0.25, 0.3) is 0 Å². The monoisotopic (exact) mass is 362 g/mol. The molecule has 4 rings (SSSR count). The predicted octanol–water partition coefficient (Wildman–Crippen LogP) is 3.89. The molecule has 0 aliphatic carbocycles. The van der Waals surface area contributed by atoms with Gasteiger partial charge in [0.2, 0.25) is 5.43 Å². The van der Waals surface area contributed by atoms with Crippen LogP contribution in [0.4, 0.5) is 5.69 Å². The molecule has 1 aliphatic heterocycles. The van der Waals surface area contributed by atoms with Crippen molar-refractivity contribution in [1.82, 2.24) is 9.78 Å². The summed E-state index contributed by atoms with van der Waals surface area (Å²) in [6.07, 6.45) is 6.25. The van der Waals surface area contributed by atoms with Crippen LogP contribution in [0.5, 0.6) is 0 Å². The molecule has 130 valence electrons. The van der Waals surface area contributed by atoms with Crippen LogP contribution in [0.25, 0.3) is 5.69 Å². The Kier molecular flexibility index (Phi) is 4.58. The summed E-state index contributed by atoms with van der Waals surface area (Å²) in [5.74, 6) is 0. The number of hydrazone groups is 1. The molecule has 0 saturated heterocycles. The van der Waals surface area contributed by atoms with Crippen molar-refractivity contribution >= 4 is 23.7 Å². The molecule has 2 heterocycles. The fourth-order valence-corrected chi connectivity index (χ4v) is 3.47. The zero-order valence-corrected chi connectivity index (χ0v) is 15.1. The van der Waals surface area contributed by atoms with E-state index in [1.807, 2.05) is 59.9 Å². The van der Waals surface area contributed by atoms with Crippen LogP contribution >= 0.6 is 11.8 Å². The van der Waals surface area contributed by atoms with Gasteiger partial charge in [0.15, 0.2) is 0 Å². The Morgan fingerprint density at radius 3 is 2.65 bits per heavy atom. The highest BCUT2D eigenvalue weighted by Crippen LogP contribution is 2.30. The molecule has 0 spiro atoms. The van der Waals surface area contributed by atoms with Crippen molar-refractivity contribution in [3.63, 3.8) is 0 Å². The van der Waals surface area contributed by atoms with E-state index < -0.39 is 0 Å². The lowest BCUT2D eigenvalue weighted by molar-refractivity contribution is 0.644. The third-order valence-corrected chi connectivity index (χ3v) is 5.04. The Morgan fingerprint density at radius 1 is 1.04 bits per heavy atom. The summed E-state index contributed by atoms with van der Waals surface area (Å²) in [6.45, 7) is 0. The third-order valence-electron chi connectivity index (χ3n) is 4.32. The Hall–Kier alpha value is -2.86. The summed E-state index contributed by atoms with van der Waals surface area (Å²) in [7, 11) is 0. The minimum atomic E-state index is -0.193. The minimum absolute atomic E-state index is 0.0706. The van der Waals surface area contributed by atoms with Crippen LogP contribution in [0.1, 0.15) is 18.2 Å². The van der Waals surface area contributed by atoms with Gasteiger partial charge in [-0.05, 0) is 36.6 Å². The van der Waals surface area contributed by atoms with Crippen LogP contribution in [0.3, 0.4) is 0 Å². The van der Waals surface area contributed by atoms with E-state index in [0.717, 1.165) is 16.3 Å². The van der Waals surface area contributed by atoms with Crippen molar-refractivity contribution in [2.75, 3.05) is 11.3 Å². The number of rotatable bonds is 4. The molecule has 1 aromatic heterocycles. The highest BCUT2D eigenvalue weighted by molar-refractivity contribution is 7.98. The highest BCUT2D eigenvalue weighted by atomic mass is 32.2. The Bertz CT molecular complexity index is 1000. The number of aromatic nitrogens is 2. The molecule has 0 amide bonds. The molecule has 0 saturated carbocycles. The zero-order chi connectivity index (χ0) is 17.9. The number of para-hydroxylation sites is 1. The molecule has 1 unspecified atom stereocenters. The standard InChI is InChI=1S/C20H18N4OS/c1-26-17-9-5-8-16(14-17)23-13-11-19(25)20(22-23)18-10-12-21-24(18)15-6-3-2-4-7-15/h2-9,11-14,18H,10H2,1H3. The second-order valence-corrected chi connectivity index (χ2v) is 6.82. The van der Waals surface area contributed by atoms with Crippen LogP contribution in [0.2, 0.25) is 0 Å². The molecule has 0 fully saturated rings. The molecule has 2 aromatic carbocycles. The summed E-state index contributed by atoms with van der Waals surface area (Å²) in [6, 6.07) is 19.3. The van der Waals surface area contributed by atoms with Crippen molar-refractivity contribution in [3.8, 4) is 5.69 Å². The maximum atomic E-state index is 12.5. The van der Waals surface area contributed by atoms with Crippen molar-refractivity contribution in [1.29, 1.82) is 0 Å². The summed E-state index contributed by atoms with van der Waals surface area (Å²) < 4.78 is 1.76. The lowest BCUT2D eigenvalue weighted by Gasteiger charge is -2.23. The van der Waals surface area contributed by atoms with E-state index in [-0.39, 0.29) is 11.5 Å². The number of anilines is 1. The van der Waals surface area contributed by atoms with Crippen LogP contribution in [0, 0.1) is 0 Å². The summed E-state index contributed by atoms with van der Waals surface area (Å²) in [4.78, 5) is 13.7. The Labute approximate surface area is 156 Å². The average Bonchev–Trinajstić information content (AvgIpc) is 3.18. The van der Waals surface area contributed by atoms with Gasteiger partial charge < -0.3 is 0 Å². The highest BCUT2D eigenvalue weighted by Gasteiger charge is 2.28. The quantitative estimate of drug-likeness (QED) is 0.661. The van der Waals surface area contributed by atoms with Gasteiger partial charge in [-0.2, -0.15) is 10.2 Å². The van der Waals surface area contributed by atoms with Gasteiger partial charge in [0.05, 0.1) is 11.4 Å². The van der Waals surface area contributed by atoms with Gasteiger partial charge in [-0.25, -0.2) is 4.68 Å². The fourth-order valence-electron chi connectivity index (χ4n) is 3.02. The smallest absolute Gasteiger partial charge is 0.205 e. The molecule has 3 aromatic rings. The fraction of sp³-hybridized carbons (Fsp3) is 0.150. The maximum absolute atomic E-state index is 12.5. The topological polar surface area (TPSA) is 50.5 Å². The molecule has 0 radical (unpaired) electrons. The zero-order valence-electron chi connectivity index (χ0n) is 14.3. The second kappa shape index (κ2) is 7.17. The first-order valence-electron chi connectivity index (χ1n) is 8.37. The first-order valence-corrected chi connectivity index (χ1v) is 9.60.